The summed E-state index contributed by atoms with van der Waals surface area (Å²) in [5, 5.41) is 17.0. The van der Waals surface area contributed by atoms with Gasteiger partial charge in [-0.15, -0.1) is 0 Å². The van der Waals surface area contributed by atoms with Gasteiger partial charge in [-0.25, -0.2) is 4.98 Å². The number of nitrogens with zero attached hydrogens (tertiary/aromatic N) is 1. The number of carbonyl (C=O) groups is 2. The van der Waals surface area contributed by atoms with Crippen molar-refractivity contribution < 1.29 is 23.8 Å². The van der Waals surface area contributed by atoms with Crippen LogP contribution in [0.25, 0.3) is 0 Å². The van der Waals surface area contributed by atoms with Crippen LogP contribution in [0.15, 0.2) is 28.8 Å². The lowest BCUT2D eigenvalue weighted by molar-refractivity contribution is -0.147. The van der Waals surface area contributed by atoms with E-state index in [4.69, 9.17) is 20.8 Å². The number of benzene rings is 1. The van der Waals surface area contributed by atoms with Gasteiger partial charge in [-0.2, -0.15) is 0 Å². The summed E-state index contributed by atoms with van der Waals surface area (Å²) in [5.41, 5.74) is -0.0202. The molecule has 0 spiro atoms. The first-order chi connectivity index (χ1) is 14.8. The molecule has 5 aliphatic rings. The Morgan fingerprint density at radius 1 is 1.16 bits per heavy atom. The summed E-state index contributed by atoms with van der Waals surface area (Å²) >= 11 is 5.98. The number of oxazole rings is 1. The van der Waals surface area contributed by atoms with Crippen molar-refractivity contribution in [3.63, 3.8) is 0 Å². The average molecular weight is 444 g/mol. The van der Waals surface area contributed by atoms with Crippen LogP contribution < -0.4 is 15.4 Å². The maximum absolute atomic E-state index is 12.8. The van der Waals surface area contributed by atoms with E-state index in [1.807, 2.05) is 0 Å². The fraction of sp³-hybridized carbons (Fsp3) is 0.500. The molecule has 2 atom stereocenters. The van der Waals surface area contributed by atoms with Crippen molar-refractivity contribution in [2.45, 2.75) is 67.7 Å². The Balaban J connectivity index is 1.04. The Morgan fingerprint density at radius 2 is 1.90 bits per heavy atom. The molecular formula is C22H22ClN3O5. The van der Waals surface area contributed by atoms with Crippen molar-refractivity contribution in [2.75, 3.05) is 0 Å². The monoisotopic (exact) mass is 443 g/mol. The highest BCUT2D eigenvalue weighted by Crippen LogP contribution is 2.60. The molecule has 4 aliphatic carbocycles. The third kappa shape index (κ3) is 3.20. The molecule has 1 aliphatic heterocycles. The van der Waals surface area contributed by atoms with Crippen LogP contribution in [-0.4, -0.2) is 39.1 Å². The maximum Gasteiger partial charge on any atom is 0.289 e. The van der Waals surface area contributed by atoms with Gasteiger partial charge < -0.3 is 24.9 Å². The van der Waals surface area contributed by atoms with Crippen LogP contribution in [-0.2, 0) is 4.79 Å². The minimum absolute atomic E-state index is 0.173. The van der Waals surface area contributed by atoms with Gasteiger partial charge in [0.15, 0.2) is 12.0 Å². The molecule has 3 N–H and O–H groups in total. The van der Waals surface area contributed by atoms with Crippen molar-refractivity contribution in [1.29, 1.82) is 0 Å². The molecule has 2 bridgehead atoms. The van der Waals surface area contributed by atoms with Gasteiger partial charge in [-0.05, 0) is 50.3 Å². The molecule has 4 saturated carbocycles. The first-order valence-electron chi connectivity index (χ1n) is 10.6. The molecular weight excluding hydrogens is 422 g/mol. The van der Waals surface area contributed by atoms with E-state index >= 15 is 0 Å². The molecule has 2 amide bonds. The zero-order valence-electron chi connectivity index (χ0n) is 16.7. The number of fused-ring (bicyclic) bond motifs is 1. The number of aliphatic hydroxyl groups excluding tert-OH is 1. The van der Waals surface area contributed by atoms with Gasteiger partial charge >= 0.3 is 0 Å². The Morgan fingerprint density at radius 3 is 2.65 bits per heavy atom. The average Bonchev–Trinajstić information content (AvgIpc) is 3.42. The summed E-state index contributed by atoms with van der Waals surface area (Å²) in [6.07, 6.45) is 4.23. The van der Waals surface area contributed by atoms with E-state index in [9.17, 15) is 14.7 Å². The van der Waals surface area contributed by atoms with Crippen molar-refractivity contribution in [3.05, 3.63) is 46.6 Å². The minimum Gasteiger partial charge on any atom is -0.480 e. The van der Waals surface area contributed by atoms with Gasteiger partial charge in [-0.1, -0.05) is 11.6 Å². The molecule has 162 valence electrons. The number of nitrogens with one attached hydrogen (secondary N) is 2. The van der Waals surface area contributed by atoms with Crippen LogP contribution in [0, 0.1) is 0 Å². The smallest absolute Gasteiger partial charge is 0.289 e. The third-order valence-corrected chi connectivity index (χ3v) is 7.04. The number of ether oxygens (including phenoxy) is 1. The highest BCUT2D eigenvalue weighted by Gasteiger charge is 2.69. The number of amides is 2. The molecule has 1 aromatic carbocycles. The second-order valence-electron chi connectivity index (χ2n) is 9.41. The quantitative estimate of drug-likeness (QED) is 0.654. The van der Waals surface area contributed by atoms with Crippen molar-refractivity contribution in [2.24, 2.45) is 0 Å². The summed E-state index contributed by atoms with van der Waals surface area (Å²) < 4.78 is 11.4. The summed E-state index contributed by atoms with van der Waals surface area (Å²) in [6, 6.07) is 5.00. The van der Waals surface area contributed by atoms with Gasteiger partial charge in [0.1, 0.15) is 5.75 Å². The van der Waals surface area contributed by atoms with Gasteiger partial charge in [0.05, 0.1) is 12.3 Å². The van der Waals surface area contributed by atoms with Crippen LogP contribution in [0.4, 0.5) is 0 Å². The Kier molecular flexibility index (Phi) is 3.99. The molecule has 9 heteroatoms. The van der Waals surface area contributed by atoms with E-state index in [1.54, 1.807) is 18.2 Å². The second kappa shape index (κ2) is 6.46. The molecule has 2 heterocycles. The highest BCUT2D eigenvalue weighted by atomic mass is 35.5. The maximum atomic E-state index is 12.8. The largest absolute Gasteiger partial charge is 0.480 e. The second-order valence-corrected chi connectivity index (χ2v) is 9.85. The van der Waals surface area contributed by atoms with E-state index in [0.29, 0.717) is 47.4 Å². The summed E-state index contributed by atoms with van der Waals surface area (Å²) in [4.78, 5) is 29.5. The number of hydrogen-bond acceptors (Lipinski definition) is 6. The number of rotatable bonds is 5. The van der Waals surface area contributed by atoms with Crippen LogP contribution in [0.2, 0.25) is 5.02 Å². The summed E-state index contributed by atoms with van der Waals surface area (Å²) in [7, 11) is 0. The van der Waals surface area contributed by atoms with Gasteiger partial charge in [0.2, 0.25) is 5.76 Å². The predicted molar refractivity (Wildman–Crippen MR) is 109 cm³/mol. The van der Waals surface area contributed by atoms with Gasteiger partial charge in [0.25, 0.3) is 11.8 Å². The summed E-state index contributed by atoms with van der Waals surface area (Å²) in [6.45, 7) is 0. The molecule has 31 heavy (non-hydrogen) atoms. The third-order valence-electron chi connectivity index (χ3n) is 6.80. The highest BCUT2D eigenvalue weighted by molar-refractivity contribution is 6.30. The van der Waals surface area contributed by atoms with E-state index in [0.717, 1.165) is 12.8 Å². The molecule has 1 aromatic heterocycles. The molecule has 8 nitrogen and oxygen atoms in total. The minimum atomic E-state index is -0.806. The number of carbonyl (C=O) groups excluding carboxylic acids is 2. The van der Waals surface area contributed by atoms with Crippen molar-refractivity contribution in [1.82, 2.24) is 15.6 Å². The van der Waals surface area contributed by atoms with Gasteiger partial charge in [0, 0.05) is 34.0 Å². The molecule has 2 aromatic rings. The van der Waals surface area contributed by atoms with E-state index in [1.165, 1.54) is 6.20 Å². The predicted octanol–water partition coefficient (Wildman–Crippen LogP) is 2.61. The van der Waals surface area contributed by atoms with Crippen LogP contribution in [0.5, 0.6) is 5.75 Å². The Labute approximate surface area is 183 Å². The number of aliphatic hydroxyl groups is 1. The number of hydrogen-bond donors (Lipinski definition) is 3. The fourth-order valence-corrected chi connectivity index (χ4v) is 5.37. The molecule has 0 saturated heterocycles. The molecule has 0 unspecified atom stereocenters. The molecule has 7 rings (SSSR count). The zero-order chi connectivity index (χ0) is 21.4. The number of aromatic nitrogens is 1. The number of halogens is 1. The van der Waals surface area contributed by atoms with E-state index < -0.39 is 12.2 Å². The van der Waals surface area contributed by atoms with Crippen LogP contribution >= 0.6 is 11.6 Å². The first-order valence-corrected chi connectivity index (χ1v) is 11.0. The first kappa shape index (κ1) is 19.1. The Hall–Kier alpha value is -2.58. The van der Waals surface area contributed by atoms with Crippen molar-refractivity contribution in [3.8, 4) is 5.75 Å². The van der Waals surface area contributed by atoms with Crippen LogP contribution in [0.1, 0.15) is 72.6 Å². The lowest BCUT2D eigenvalue weighted by atomic mass is 9.44. The van der Waals surface area contributed by atoms with E-state index in [-0.39, 0.29) is 35.1 Å². The molecule has 0 radical (unpaired) electrons. The fourth-order valence-electron chi connectivity index (χ4n) is 5.19. The lowest BCUT2D eigenvalue weighted by Gasteiger charge is -2.70. The zero-order valence-corrected chi connectivity index (χ0v) is 17.4. The van der Waals surface area contributed by atoms with E-state index in [2.05, 4.69) is 15.6 Å². The van der Waals surface area contributed by atoms with Crippen molar-refractivity contribution >= 4 is 23.4 Å². The molecule has 4 fully saturated rings. The topological polar surface area (TPSA) is 114 Å². The standard InChI is InChI=1S/C22H22ClN3O5/c23-12-3-4-15-13(5-12)14(27)6-16(30-15)18(28)25-21-8-22(9-21,10-21)26-19(29)17-7-24-20(31-17)11-1-2-11/h3-5,7,11,14,16,27H,1-2,6,8-10H2,(H,25,28)(H,26,29)/t14-,16-,21?,22?/m1/s1. The SMILES string of the molecule is O=C(NC12CC(NC(=O)[C@H]3C[C@@H](O)c4cc(Cl)ccc4O3)(C1)C2)c1cnc(C2CC2)o1. The lowest BCUT2D eigenvalue weighted by Crippen LogP contribution is -2.84. The van der Waals surface area contributed by atoms with Gasteiger partial charge in [-0.3, -0.25) is 9.59 Å². The normalized spacial score (nSPS) is 32.7. The van der Waals surface area contributed by atoms with Crippen LogP contribution in [0.3, 0.4) is 0 Å². The Bertz CT molecular complexity index is 1070. The summed E-state index contributed by atoms with van der Waals surface area (Å²) in [5.74, 6) is 1.22.